The maximum Gasteiger partial charge on any atom is 0.316 e. The van der Waals surface area contributed by atoms with Gasteiger partial charge in [0.25, 0.3) is 5.91 Å². The van der Waals surface area contributed by atoms with E-state index >= 15 is 0 Å². The molecule has 1 aromatic heterocycles. The van der Waals surface area contributed by atoms with Crippen molar-refractivity contribution in [2.45, 2.75) is 11.8 Å². The number of hydrogen-bond donors (Lipinski definition) is 1. The Morgan fingerprint density at radius 3 is 2.80 bits per heavy atom. The van der Waals surface area contributed by atoms with E-state index in [1.807, 2.05) is 12.1 Å². The predicted octanol–water partition coefficient (Wildman–Crippen LogP) is 2.03. The summed E-state index contributed by atoms with van der Waals surface area (Å²) < 4.78 is 20.7. The minimum atomic E-state index is -0.494. The van der Waals surface area contributed by atoms with Crippen molar-refractivity contribution in [1.29, 1.82) is 0 Å². The molecular formula is C16H16N2O6S. The van der Waals surface area contributed by atoms with Crippen molar-refractivity contribution in [3.05, 3.63) is 30.0 Å². The van der Waals surface area contributed by atoms with Gasteiger partial charge in [-0.3, -0.25) is 9.59 Å². The van der Waals surface area contributed by atoms with Gasteiger partial charge in [-0.15, -0.1) is 11.8 Å². The molecule has 0 saturated heterocycles. The lowest BCUT2D eigenvalue weighted by Gasteiger charge is -2.18. The third-order valence-corrected chi connectivity index (χ3v) is 4.10. The van der Waals surface area contributed by atoms with Gasteiger partial charge in [-0.05, 0) is 25.1 Å². The first-order valence-corrected chi connectivity index (χ1v) is 8.50. The number of hydrogen-bond acceptors (Lipinski definition) is 8. The number of amides is 1. The molecule has 9 heteroatoms. The van der Waals surface area contributed by atoms with Crippen molar-refractivity contribution in [3.63, 3.8) is 0 Å². The molecule has 0 unspecified atom stereocenters. The maximum atomic E-state index is 11.8. The maximum absolute atomic E-state index is 11.8. The Morgan fingerprint density at radius 2 is 2.04 bits per heavy atom. The number of fused-ring (bicyclic) bond motifs is 1. The molecule has 0 aliphatic carbocycles. The lowest BCUT2D eigenvalue weighted by molar-refractivity contribution is -0.144. The highest BCUT2D eigenvalue weighted by atomic mass is 32.2. The molecule has 0 fully saturated rings. The van der Waals surface area contributed by atoms with Gasteiger partial charge in [-0.2, -0.15) is 0 Å². The molecule has 25 heavy (non-hydrogen) atoms. The van der Waals surface area contributed by atoms with Crippen LogP contribution in [0, 0.1) is 6.92 Å². The Labute approximate surface area is 147 Å². The van der Waals surface area contributed by atoms with E-state index in [9.17, 15) is 9.59 Å². The topological polar surface area (TPSA) is 99.9 Å². The fraction of sp³-hybridized carbons (Fsp3) is 0.312. The van der Waals surface area contributed by atoms with Crippen molar-refractivity contribution in [2.75, 3.05) is 30.9 Å². The van der Waals surface area contributed by atoms with Crippen LogP contribution in [0.25, 0.3) is 0 Å². The van der Waals surface area contributed by atoms with Crippen LogP contribution in [0.4, 0.5) is 5.82 Å². The van der Waals surface area contributed by atoms with Crippen LogP contribution in [0.5, 0.6) is 11.5 Å². The molecule has 0 radical (unpaired) electrons. The first kappa shape index (κ1) is 17.2. The fourth-order valence-corrected chi connectivity index (χ4v) is 2.77. The van der Waals surface area contributed by atoms with Gasteiger partial charge >= 0.3 is 5.97 Å². The van der Waals surface area contributed by atoms with E-state index in [1.54, 1.807) is 19.1 Å². The predicted molar refractivity (Wildman–Crippen MR) is 89.0 cm³/mol. The average Bonchev–Trinajstić information content (AvgIpc) is 3.02. The number of carbonyl (C=O) groups excluding carboxylic acids is 2. The van der Waals surface area contributed by atoms with Gasteiger partial charge in [-0.1, -0.05) is 5.16 Å². The van der Waals surface area contributed by atoms with Crippen molar-refractivity contribution in [3.8, 4) is 11.5 Å². The summed E-state index contributed by atoms with van der Waals surface area (Å²) in [5.74, 6) is 1.31. The molecule has 3 rings (SSSR count). The first-order valence-electron chi connectivity index (χ1n) is 7.51. The second kappa shape index (κ2) is 7.93. The summed E-state index contributed by atoms with van der Waals surface area (Å²) in [7, 11) is 0. The lowest BCUT2D eigenvalue weighted by atomic mass is 10.3. The number of ether oxygens (including phenoxy) is 3. The number of nitrogens with zero attached hydrogens (tertiary/aromatic N) is 1. The molecule has 132 valence electrons. The molecule has 2 heterocycles. The average molecular weight is 364 g/mol. The summed E-state index contributed by atoms with van der Waals surface area (Å²) in [5.41, 5.74) is 0. The van der Waals surface area contributed by atoms with E-state index in [2.05, 4.69) is 10.5 Å². The van der Waals surface area contributed by atoms with E-state index < -0.39 is 11.9 Å². The highest BCUT2D eigenvalue weighted by Crippen LogP contribution is 2.34. The molecule has 0 bridgehead atoms. The highest BCUT2D eigenvalue weighted by Gasteiger charge is 2.14. The second-order valence-electron chi connectivity index (χ2n) is 5.13. The highest BCUT2D eigenvalue weighted by molar-refractivity contribution is 8.00. The number of aromatic nitrogens is 1. The molecule has 2 aromatic rings. The number of esters is 1. The van der Waals surface area contributed by atoms with Crippen LogP contribution in [0.3, 0.4) is 0 Å². The molecule has 1 amide bonds. The van der Waals surface area contributed by atoms with E-state index in [0.29, 0.717) is 30.5 Å². The van der Waals surface area contributed by atoms with Crippen LogP contribution in [0.2, 0.25) is 0 Å². The van der Waals surface area contributed by atoms with Crippen molar-refractivity contribution in [2.24, 2.45) is 0 Å². The standard InChI is InChI=1S/C16H16N2O6S/c1-10-6-14(18-24-10)17-15(19)8-23-16(20)9-25-11-2-3-12-13(7-11)22-5-4-21-12/h2-3,6-7H,4-5,8-9H2,1H3,(H,17,18,19). The minimum absolute atomic E-state index is 0.0794. The number of aryl methyl sites for hydroxylation is 1. The molecule has 1 aromatic carbocycles. The zero-order chi connectivity index (χ0) is 17.6. The Bertz CT molecular complexity index is 776. The minimum Gasteiger partial charge on any atom is -0.486 e. The zero-order valence-electron chi connectivity index (χ0n) is 13.4. The molecule has 0 atom stereocenters. The van der Waals surface area contributed by atoms with Crippen LogP contribution in [0.1, 0.15) is 5.76 Å². The number of rotatable bonds is 6. The van der Waals surface area contributed by atoms with E-state index in [1.165, 1.54) is 11.8 Å². The summed E-state index contributed by atoms with van der Waals surface area (Å²) in [4.78, 5) is 24.3. The second-order valence-corrected chi connectivity index (χ2v) is 6.17. The lowest BCUT2D eigenvalue weighted by Crippen LogP contribution is -2.21. The number of thioether (sulfide) groups is 1. The quantitative estimate of drug-likeness (QED) is 0.614. The third kappa shape index (κ3) is 4.90. The van der Waals surface area contributed by atoms with Crippen molar-refractivity contribution in [1.82, 2.24) is 5.16 Å². The monoisotopic (exact) mass is 364 g/mol. The molecule has 8 nitrogen and oxygen atoms in total. The normalized spacial score (nSPS) is 12.5. The van der Waals surface area contributed by atoms with E-state index in [-0.39, 0.29) is 18.2 Å². The third-order valence-electron chi connectivity index (χ3n) is 3.13. The van der Waals surface area contributed by atoms with Crippen LogP contribution in [-0.4, -0.2) is 42.6 Å². The largest absolute Gasteiger partial charge is 0.486 e. The van der Waals surface area contributed by atoms with Gasteiger partial charge in [-0.25, -0.2) is 0 Å². The van der Waals surface area contributed by atoms with Gasteiger partial charge in [0, 0.05) is 11.0 Å². The summed E-state index contributed by atoms with van der Waals surface area (Å²) in [6.45, 7) is 2.36. The van der Waals surface area contributed by atoms with Gasteiger partial charge < -0.3 is 24.1 Å². The van der Waals surface area contributed by atoms with Crippen molar-refractivity contribution >= 4 is 29.5 Å². The number of carbonyl (C=O) groups is 2. The van der Waals surface area contributed by atoms with Crippen molar-refractivity contribution < 1.29 is 28.3 Å². The Hall–Kier alpha value is -2.68. The summed E-state index contributed by atoms with van der Waals surface area (Å²) >= 11 is 1.29. The molecule has 1 aliphatic heterocycles. The summed E-state index contributed by atoms with van der Waals surface area (Å²) in [5, 5.41) is 6.09. The zero-order valence-corrected chi connectivity index (χ0v) is 14.3. The Kier molecular flexibility index (Phi) is 5.44. The number of benzene rings is 1. The smallest absolute Gasteiger partial charge is 0.316 e. The number of anilines is 1. The van der Waals surface area contributed by atoms with E-state index in [4.69, 9.17) is 18.7 Å². The summed E-state index contributed by atoms with van der Waals surface area (Å²) in [6, 6.07) is 7.02. The van der Waals surface area contributed by atoms with Gasteiger partial charge in [0.2, 0.25) is 0 Å². The SMILES string of the molecule is Cc1cc(NC(=O)COC(=O)CSc2ccc3c(c2)OCCO3)no1. The molecule has 0 saturated carbocycles. The van der Waals surface area contributed by atoms with Crippen LogP contribution < -0.4 is 14.8 Å². The van der Waals surface area contributed by atoms with Gasteiger partial charge in [0.15, 0.2) is 23.9 Å². The molecule has 0 spiro atoms. The molecular weight excluding hydrogens is 348 g/mol. The van der Waals surface area contributed by atoms with Crippen LogP contribution in [0.15, 0.2) is 33.7 Å². The molecule has 1 N–H and O–H groups in total. The van der Waals surface area contributed by atoms with E-state index in [0.717, 1.165) is 4.90 Å². The fourth-order valence-electron chi connectivity index (χ4n) is 2.05. The summed E-state index contributed by atoms with van der Waals surface area (Å²) in [6.07, 6.45) is 0. The molecule has 1 aliphatic rings. The van der Waals surface area contributed by atoms with Gasteiger partial charge in [0.1, 0.15) is 19.0 Å². The number of nitrogens with one attached hydrogen (secondary N) is 1. The Balaban J connectivity index is 1.41. The van der Waals surface area contributed by atoms with Gasteiger partial charge in [0.05, 0.1) is 5.75 Å². The first-order chi connectivity index (χ1) is 12.1. The Morgan fingerprint density at radius 1 is 1.24 bits per heavy atom. The van der Waals surface area contributed by atoms with Crippen LogP contribution >= 0.6 is 11.8 Å². The van der Waals surface area contributed by atoms with Crippen LogP contribution in [-0.2, 0) is 14.3 Å².